The third-order valence-electron chi connectivity index (χ3n) is 8.03. The van der Waals surface area contributed by atoms with Crippen molar-refractivity contribution in [1.29, 1.82) is 0 Å². The molecule has 0 atom stereocenters. The van der Waals surface area contributed by atoms with Crippen molar-refractivity contribution in [3.63, 3.8) is 0 Å². The van der Waals surface area contributed by atoms with Crippen molar-refractivity contribution in [1.82, 2.24) is 29.8 Å². The lowest BCUT2D eigenvalue weighted by Gasteiger charge is -2.32. The highest BCUT2D eigenvalue weighted by Gasteiger charge is 2.32. The van der Waals surface area contributed by atoms with Gasteiger partial charge in [0.25, 0.3) is 11.8 Å². The molecule has 2 amide bonds. The molecule has 1 aliphatic heterocycles. The van der Waals surface area contributed by atoms with Gasteiger partial charge in [-0.25, -0.2) is 4.68 Å². The topological polar surface area (TPSA) is 73.7 Å². The molecule has 2 aromatic carbocycles. The summed E-state index contributed by atoms with van der Waals surface area (Å²) in [4.78, 5) is 34.2. The largest absolute Gasteiger partial charge is 0.351 e. The molecule has 9 heteroatoms. The van der Waals surface area contributed by atoms with Gasteiger partial charge in [-0.2, -0.15) is 5.10 Å². The minimum Gasteiger partial charge on any atom is -0.351 e. The van der Waals surface area contributed by atoms with E-state index in [-0.39, 0.29) is 11.8 Å². The zero-order chi connectivity index (χ0) is 28.3. The molecule has 0 unspecified atom stereocenters. The van der Waals surface area contributed by atoms with Gasteiger partial charge in [0.05, 0.1) is 11.4 Å². The fourth-order valence-electron chi connectivity index (χ4n) is 5.66. The molecule has 4 aromatic rings. The number of aromatic nitrogens is 2. The van der Waals surface area contributed by atoms with Crippen LogP contribution in [0.1, 0.15) is 36.9 Å². The first-order valence-electron chi connectivity index (χ1n) is 14.3. The van der Waals surface area contributed by atoms with Crippen molar-refractivity contribution in [3.8, 4) is 16.9 Å². The lowest BCUT2D eigenvalue weighted by molar-refractivity contribution is 0.0656. The number of carbonyl (C=O) groups is 2. The molecule has 3 heterocycles. The summed E-state index contributed by atoms with van der Waals surface area (Å²) in [5.74, 6) is -0.0850. The number of fused-ring (bicyclic) bond motifs is 3. The number of hydrogen-bond acceptors (Lipinski definition) is 6. The summed E-state index contributed by atoms with van der Waals surface area (Å²) < 4.78 is 1.91. The Morgan fingerprint density at radius 2 is 1.73 bits per heavy atom. The molecule has 1 saturated heterocycles. The minimum atomic E-state index is -0.0989. The van der Waals surface area contributed by atoms with Gasteiger partial charge in [0, 0.05) is 67.4 Å². The monoisotopic (exact) mass is 568 g/mol. The average molecular weight is 569 g/mol. The highest BCUT2D eigenvalue weighted by Crippen LogP contribution is 2.39. The summed E-state index contributed by atoms with van der Waals surface area (Å²) in [6.07, 6.45) is 1.73. The van der Waals surface area contributed by atoms with Crippen LogP contribution in [0.3, 0.4) is 0 Å². The van der Waals surface area contributed by atoms with E-state index in [0.717, 1.165) is 61.5 Å². The van der Waals surface area contributed by atoms with E-state index in [1.54, 1.807) is 11.3 Å². The number of piperazine rings is 1. The minimum absolute atomic E-state index is 0.0139. The molecule has 0 saturated carbocycles. The van der Waals surface area contributed by atoms with E-state index < -0.39 is 0 Å². The molecule has 212 valence electrons. The number of amides is 2. The highest BCUT2D eigenvalue weighted by atomic mass is 32.1. The first-order chi connectivity index (χ1) is 20.0. The van der Waals surface area contributed by atoms with Gasteiger partial charge in [-0.05, 0) is 68.2 Å². The Morgan fingerprint density at radius 1 is 0.976 bits per heavy atom. The number of nitrogens with one attached hydrogen (secondary N) is 1. The normalized spacial score (nSPS) is 15.0. The van der Waals surface area contributed by atoms with E-state index in [0.29, 0.717) is 30.9 Å². The number of carbonyl (C=O) groups excluding carboxylic acids is 2. The van der Waals surface area contributed by atoms with Crippen molar-refractivity contribution in [2.45, 2.75) is 19.4 Å². The van der Waals surface area contributed by atoms with Crippen molar-refractivity contribution in [2.75, 3.05) is 53.4 Å². The van der Waals surface area contributed by atoms with Gasteiger partial charge < -0.3 is 20.0 Å². The summed E-state index contributed by atoms with van der Waals surface area (Å²) in [5, 5.41) is 10.1. The Bertz CT molecular complexity index is 1520. The highest BCUT2D eigenvalue weighted by molar-refractivity contribution is 7.10. The predicted molar refractivity (Wildman–Crippen MR) is 163 cm³/mol. The van der Waals surface area contributed by atoms with Crippen LogP contribution in [0, 0.1) is 0 Å². The molecule has 0 spiro atoms. The lowest BCUT2D eigenvalue weighted by Crippen LogP contribution is -2.47. The molecule has 6 rings (SSSR count). The van der Waals surface area contributed by atoms with Gasteiger partial charge >= 0.3 is 0 Å². The molecule has 1 fully saturated rings. The third kappa shape index (κ3) is 5.84. The zero-order valence-electron chi connectivity index (χ0n) is 23.7. The molecule has 1 N–H and O–H groups in total. The summed E-state index contributed by atoms with van der Waals surface area (Å²) in [5.41, 5.74) is 6.44. The first kappa shape index (κ1) is 27.4. The Labute approximate surface area is 245 Å². The molecular weight excluding hydrogens is 532 g/mol. The van der Waals surface area contributed by atoms with E-state index in [1.807, 2.05) is 52.0 Å². The number of hydrogen-bond donors (Lipinski definition) is 1. The van der Waals surface area contributed by atoms with E-state index in [4.69, 9.17) is 5.10 Å². The maximum absolute atomic E-state index is 13.6. The standard InChI is InChI=1S/C32H36N6O2S/c1-35-17-19-37(20-18-35)32(40)29-27-12-13-28-26(14-21-41-28)30(27)38(34-29)25-10-8-24(9-11-25)31(39)33-15-16-36(2)22-23-6-4-3-5-7-23/h3-11,14,21H,12-13,15-20,22H2,1-2H3,(H,33,39). The molecular formula is C32H36N6O2S. The van der Waals surface area contributed by atoms with Crippen LogP contribution in [0.4, 0.5) is 0 Å². The van der Waals surface area contributed by atoms with Crippen molar-refractivity contribution < 1.29 is 9.59 Å². The second-order valence-corrected chi connectivity index (χ2v) is 12.0. The van der Waals surface area contributed by atoms with Crippen LogP contribution in [0.15, 0.2) is 66.0 Å². The molecule has 2 aromatic heterocycles. The molecule has 41 heavy (non-hydrogen) atoms. The number of aryl methyl sites for hydroxylation is 1. The van der Waals surface area contributed by atoms with E-state index in [9.17, 15) is 9.59 Å². The lowest BCUT2D eigenvalue weighted by atomic mass is 9.94. The van der Waals surface area contributed by atoms with Gasteiger partial charge in [-0.15, -0.1) is 11.3 Å². The summed E-state index contributed by atoms with van der Waals surface area (Å²) in [6.45, 7) is 5.33. The van der Waals surface area contributed by atoms with Gasteiger partial charge in [-0.3, -0.25) is 9.59 Å². The summed E-state index contributed by atoms with van der Waals surface area (Å²) in [7, 11) is 4.14. The SMILES string of the molecule is CN1CCN(C(=O)c2nn(-c3ccc(C(=O)NCCN(C)Cc4ccccc4)cc3)c3c2CCc2sccc2-3)CC1. The molecule has 0 bridgehead atoms. The van der Waals surface area contributed by atoms with Gasteiger partial charge in [0.2, 0.25) is 0 Å². The zero-order valence-corrected chi connectivity index (χ0v) is 24.5. The maximum atomic E-state index is 13.6. The van der Waals surface area contributed by atoms with Crippen LogP contribution in [-0.4, -0.2) is 89.7 Å². The quantitative estimate of drug-likeness (QED) is 0.349. The van der Waals surface area contributed by atoms with Gasteiger partial charge in [-0.1, -0.05) is 30.3 Å². The molecule has 0 radical (unpaired) electrons. The van der Waals surface area contributed by atoms with Crippen LogP contribution in [0.25, 0.3) is 16.9 Å². The Morgan fingerprint density at radius 3 is 2.49 bits per heavy atom. The number of nitrogens with zero attached hydrogens (tertiary/aromatic N) is 5. The van der Waals surface area contributed by atoms with E-state index >= 15 is 0 Å². The van der Waals surface area contributed by atoms with Crippen molar-refractivity contribution in [3.05, 3.63) is 93.3 Å². The first-order valence-corrected chi connectivity index (χ1v) is 15.1. The van der Waals surface area contributed by atoms with E-state index in [1.165, 1.54) is 10.4 Å². The summed E-state index contributed by atoms with van der Waals surface area (Å²) >= 11 is 1.76. The van der Waals surface area contributed by atoms with E-state index in [2.05, 4.69) is 52.8 Å². The second-order valence-electron chi connectivity index (χ2n) is 11.0. The van der Waals surface area contributed by atoms with Crippen molar-refractivity contribution >= 4 is 23.2 Å². The fourth-order valence-corrected chi connectivity index (χ4v) is 6.54. The maximum Gasteiger partial charge on any atom is 0.274 e. The Balaban J connectivity index is 1.18. The van der Waals surface area contributed by atoms with Gasteiger partial charge in [0.1, 0.15) is 0 Å². The molecule has 8 nitrogen and oxygen atoms in total. The molecule has 1 aliphatic carbocycles. The predicted octanol–water partition coefficient (Wildman–Crippen LogP) is 3.95. The van der Waals surface area contributed by atoms with Crippen LogP contribution in [0.2, 0.25) is 0 Å². The average Bonchev–Trinajstić information content (AvgIpc) is 3.63. The van der Waals surface area contributed by atoms with Crippen LogP contribution >= 0.6 is 11.3 Å². The van der Waals surface area contributed by atoms with Crippen LogP contribution in [-0.2, 0) is 19.4 Å². The Kier molecular flexibility index (Phi) is 8.00. The van der Waals surface area contributed by atoms with Crippen LogP contribution in [0.5, 0.6) is 0 Å². The van der Waals surface area contributed by atoms with Crippen LogP contribution < -0.4 is 5.32 Å². The number of rotatable bonds is 8. The smallest absolute Gasteiger partial charge is 0.274 e. The number of thiophene rings is 1. The Hall–Kier alpha value is -3.79. The molecule has 2 aliphatic rings. The fraction of sp³-hybridized carbons (Fsp3) is 0.344. The summed E-state index contributed by atoms with van der Waals surface area (Å²) in [6, 6.07) is 20.0. The number of likely N-dealkylation sites (N-methyl/N-ethyl adjacent to an activating group) is 2. The van der Waals surface area contributed by atoms with Gasteiger partial charge in [0.15, 0.2) is 5.69 Å². The van der Waals surface area contributed by atoms with Crippen molar-refractivity contribution in [2.24, 2.45) is 0 Å². The second kappa shape index (κ2) is 12.0. The number of benzene rings is 2. The third-order valence-corrected chi connectivity index (χ3v) is 9.01.